The van der Waals surface area contributed by atoms with E-state index < -0.39 is 0 Å². The smallest absolute Gasteiger partial charge is 0.164 e. The fourth-order valence-corrected chi connectivity index (χ4v) is 7.09. The van der Waals surface area contributed by atoms with Gasteiger partial charge in [0.05, 0.1) is 0 Å². The minimum Gasteiger partial charge on any atom is -0.456 e. The molecule has 47 heavy (non-hydrogen) atoms. The molecule has 0 saturated carbocycles. The molecule has 218 valence electrons. The van der Waals surface area contributed by atoms with Gasteiger partial charge < -0.3 is 4.42 Å². The van der Waals surface area contributed by atoms with Gasteiger partial charge >= 0.3 is 0 Å². The van der Waals surface area contributed by atoms with Crippen molar-refractivity contribution in [3.05, 3.63) is 152 Å². The average Bonchev–Trinajstić information content (AvgIpc) is 3.52. The second kappa shape index (κ2) is 10.1. The zero-order chi connectivity index (χ0) is 30.9. The third-order valence-corrected chi connectivity index (χ3v) is 9.29. The van der Waals surface area contributed by atoms with Crippen molar-refractivity contribution in [3.63, 3.8) is 0 Å². The van der Waals surface area contributed by atoms with Crippen molar-refractivity contribution in [1.29, 1.82) is 0 Å². The van der Waals surface area contributed by atoms with Crippen LogP contribution in [0.15, 0.2) is 156 Å². The van der Waals surface area contributed by atoms with Gasteiger partial charge in [-0.25, -0.2) is 15.0 Å². The van der Waals surface area contributed by atoms with Gasteiger partial charge in [0.2, 0.25) is 0 Å². The third-order valence-electron chi connectivity index (χ3n) is 9.29. The number of benzene rings is 8. The van der Waals surface area contributed by atoms with E-state index in [1.165, 1.54) is 37.7 Å². The first kappa shape index (κ1) is 25.9. The van der Waals surface area contributed by atoms with E-state index in [4.69, 9.17) is 19.4 Å². The summed E-state index contributed by atoms with van der Waals surface area (Å²) in [6.07, 6.45) is 0. The second-order valence-corrected chi connectivity index (χ2v) is 12.0. The molecule has 0 aliphatic rings. The number of aromatic nitrogens is 3. The number of furan rings is 1. The minimum absolute atomic E-state index is 0.604. The molecule has 0 radical (unpaired) electrons. The van der Waals surface area contributed by atoms with E-state index in [2.05, 4.69) is 97.1 Å². The number of para-hydroxylation sites is 1. The maximum atomic E-state index is 6.21. The molecule has 0 spiro atoms. The lowest BCUT2D eigenvalue weighted by Gasteiger charge is -2.13. The second-order valence-electron chi connectivity index (χ2n) is 12.0. The lowest BCUT2D eigenvalue weighted by Crippen LogP contribution is -2.00. The molecule has 10 aromatic rings. The summed E-state index contributed by atoms with van der Waals surface area (Å²) in [5, 5.41) is 12.1. The van der Waals surface area contributed by atoms with Crippen LogP contribution >= 0.6 is 0 Å². The Bertz CT molecular complexity index is 2820. The largest absolute Gasteiger partial charge is 0.456 e. The van der Waals surface area contributed by atoms with Crippen LogP contribution in [-0.4, -0.2) is 15.0 Å². The number of hydrogen-bond donors (Lipinski definition) is 0. The Morgan fingerprint density at radius 2 is 0.809 bits per heavy atom. The van der Waals surface area contributed by atoms with Gasteiger partial charge in [0.15, 0.2) is 17.5 Å². The molecule has 0 aliphatic heterocycles. The van der Waals surface area contributed by atoms with E-state index in [1.807, 2.05) is 54.6 Å². The van der Waals surface area contributed by atoms with Crippen LogP contribution in [0.1, 0.15) is 0 Å². The first-order chi connectivity index (χ1) is 23.3. The Balaban J connectivity index is 1.18. The van der Waals surface area contributed by atoms with E-state index in [-0.39, 0.29) is 0 Å². The Kier molecular flexibility index (Phi) is 5.54. The summed E-state index contributed by atoms with van der Waals surface area (Å²) in [4.78, 5) is 15.0. The summed E-state index contributed by atoms with van der Waals surface area (Å²) in [6, 6.07) is 52.8. The van der Waals surface area contributed by atoms with Gasteiger partial charge in [0.1, 0.15) is 11.2 Å². The Hall–Kier alpha value is -6.39. The monoisotopic (exact) mass is 599 g/mol. The van der Waals surface area contributed by atoms with E-state index in [1.54, 1.807) is 0 Å². The van der Waals surface area contributed by atoms with Crippen molar-refractivity contribution in [1.82, 2.24) is 15.0 Å². The average molecular weight is 600 g/mol. The van der Waals surface area contributed by atoms with Crippen LogP contribution in [0, 0.1) is 0 Å². The number of rotatable bonds is 3. The molecule has 10 rings (SSSR count). The van der Waals surface area contributed by atoms with E-state index in [9.17, 15) is 0 Å². The Labute approximate surface area is 269 Å². The summed E-state index contributed by atoms with van der Waals surface area (Å²) in [5.74, 6) is 1.86. The summed E-state index contributed by atoms with van der Waals surface area (Å²) in [5.41, 5.74) is 4.43. The van der Waals surface area contributed by atoms with Crippen molar-refractivity contribution in [2.24, 2.45) is 0 Å². The van der Waals surface area contributed by atoms with Crippen LogP contribution in [-0.2, 0) is 0 Å². The van der Waals surface area contributed by atoms with Crippen LogP contribution in [0.3, 0.4) is 0 Å². The Morgan fingerprint density at radius 1 is 0.319 bits per heavy atom. The molecule has 2 aromatic heterocycles. The Morgan fingerprint density at radius 3 is 1.53 bits per heavy atom. The first-order valence-corrected chi connectivity index (χ1v) is 15.8. The van der Waals surface area contributed by atoms with Crippen LogP contribution in [0.4, 0.5) is 0 Å². The van der Waals surface area contributed by atoms with Gasteiger partial charge in [-0.2, -0.15) is 0 Å². The molecular weight excluding hydrogens is 574 g/mol. The van der Waals surface area contributed by atoms with Gasteiger partial charge in [0, 0.05) is 27.5 Å². The van der Waals surface area contributed by atoms with Crippen molar-refractivity contribution >= 4 is 65.0 Å². The molecule has 4 nitrogen and oxygen atoms in total. The molecular formula is C43H25N3O. The maximum absolute atomic E-state index is 6.21. The molecule has 0 unspecified atom stereocenters. The zero-order valence-corrected chi connectivity index (χ0v) is 25.2. The number of fused-ring (bicyclic) bond motifs is 11. The molecule has 0 fully saturated rings. The van der Waals surface area contributed by atoms with Crippen LogP contribution in [0.2, 0.25) is 0 Å². The lowest BCUT2D eigenvalue weighted by molar-refractivity contribution is 0.669. The standard InChI is InChI=1S/C43H25N3O/c1-2-10-26(11-3-1)41-44-42(46-43(45-41)29-20-22-35-34-15-8-9-17-38(34)47-39(35)25-29)28-19-21-30-27(24-28)18-23-37-33-14-5-4-12-31(33)32-13-6-7-16-36(32)40(30)37/h1-25H. The summed E-state index contributed by atoms with van der Waals surface area (Å²) >= 11 is 0. The quantitative estimate of drug-likeness (QED) is 0.190. The highest BCUT2D eigenvalue weighted by molar-refractivity contribution is 6.31. The third kappa shape index (κ3) is 4.05. The molecule has 0 bridgehead atoms. The molecule has 4 heteroatoms. The van der Waals surface area contributed by atoms with Crippen LogP contribution < -0.4 is 0 Å². The van der Waals surface area contributed by atoms with Crippen molar-refractivity contribution < 1.29 is 4.42 Å². The van der Waals surface area contributed by atoms with Gasteiger partial charge in [-0.1, -0.05) is 127 Å². The summed E-state index contributed by atoms with van der Waals surface area (Å²) in [7, 11) is 0. The maximum Gasteiger partial charge on any atom is 0.164 e. The zero-order valence-electron chi connectivity index (χ0n) is 25.2. The minimum atomic E-state index is 0.604. The normalized spacial score (nSPS) is 11.8. The van der Waals surface area contributed by atoms with Crippen LogP contribution in [0.25, 0.3) is 99.2 Å². The summed E-state index contributed by atoms with van der Waals surface area (Å²) < 4.78 is 6.21. The topological polar surface area (TPSA) is 51.8 Å². The van der Waals surface area contributed by atoms with Gasteiger partial charge in [-0.3, -0.25) is 0 Å². The number of nitrogens with zero attached hydrogens (tertiary/aromatic N) is 3. The molecule has 2 heterocycles. The fraction of sp³-hybridized carbons (Fsp3) is 0. The fourth-order valence-electron chi connectivity index (χ4n) is 7.09. The van der Waals surface area contributed by atoms with Gasteiger partial charge in [0.25, 0.3) is 0 Å². The molecule has 0 atom stereocenters. The van der Waals surface area contributed by atoms with Crippen molar-refractivity contribution in [3.8, 4) is 34.2 Å². The predicted molar refractivity (Wildman–Crippen MR) is 193 cm³/mol. The van der Waals surface area contributed by atoms with Gasteiger partial charge in [-0.05, 0) is 67.4 Å². The van der Waals surface area contributed by atoms with Crippen molar-refractivity contribution in [2.75, 3.05) is 0 Å². The van der Waals surface area contributed by atoms with E-state index in [0.29, 0.717) is 17.5 Å². The molecule has 0 N–H and O–H groups in total. The van der Waals surface area contributed by atoms with E-state index >= 15 is 0 Å². The van der Waals surface area contributed by atoms with Gasteiger partial charge in [-0.15, -0.1) is 0 Å². The number of hydrogen-bond acceptors (Lipinski definition) is 4. The highest BCUT2D eigenvalue weighted by Gasteiger charge is 2.16. The highest BCUT2D eigenvalue weighted by atomic mass is 16.3. The van der Waals surface area contributed by atoms with E-state index in [0.717, 1.165) is 44.0 Å². The predicted octanol–water partition coefficient (Wildman–Crippen LogP) is 11.4. The molecule has 0 aliphatic carbocycles. The van der Waals surface area contributed by atoms with Crippen LogP contribution in [0.5, 0.6) is 0 Å². The van der Waals surface area contributed by atoms with Crippen molar-refractivity contribution in [2.45, 2.75) is 0 Å². The molecule has 0 saturated heterocycles. The first-order valence-electron chi connectivity index (χ1n) is 15.8. The molecule has 0 amide bonds. The summed E-state index contributed by atoms with van der Waals surface area (Å²) in [6.45, 7) is 0. The lowest BCUT2D eigenvalue weighted by atomic mass is 9.91. The highest BCUT2D eigenvalue weighted by Crippen LogP contribution is 2.40. The molecule has 8 aromatic carbocycles. The SMILES string of the molecule is c1ccc(-c2nc(-c3ccc4c(ccc5c6ccccc6c6ccccc6c45)c3)nc(-c3ccc4c(c3)oc3ccccc34)n2)cc1.